The fourth-order valence-electron chi connectivity index (χ4n) is 3.81. The standard InChI is InChI=1S/C26H22OP/c27-20-22-11-10-12-23(19-22)21-28(24-13-4-1-5-14-24,25-15-6-2-7-16-25)26-17-8-3-9-18-26/h1-20H,21H2/q+1. The Morgan fingerprint density at radius 1 is 0.571 bits per heavy atom. The van der Waals surface area contributed by atoms with E-state index in [2.05, 4.69) is 97.1 Å². The van der Waals surface area contributed by atoms with Crippen LogP contribution in [0, 0.1) is 0 Å². The maximum atomic E-state index is 11.3. The molecule has 0 heterocycles. The Morgan fingerprint density at radius 2 is 1.04 bits per heavy atom. The second-order valence-corrected chi connectivity index (χ2v) is 10.3. The molecule has 136 valence electrons. The Kier molecular flexibility index (Phi) is 5.46. The molecular formula is C26H22OP+. The molecule has 4 rings (SSSR count). The van der Waals surface area contributed by atoms with E-state index in [1.165, 1.54) is 21.5 Å². The molecule has 28 heavy (non-hydrogen) atoms. The lowest BCUT2D eigenvalue weighted by molar-refractivity contribution is 0.112. The van der Waals surface area contributed by atoms with Crippen molar-refractivity contribution in [2.45, 2.75) is 6.16 Å². The molecule has 1 nitrogen and oxygen atoms in total. The third-order valence-electron chi connectivity index (χ3n) is 5.10. The van der Waals surface area contributed by atoms with Crippen LogP contribution in [0.4, 0.5) is 0 Å². The van der Waals surface area contributed by atoms with Crippen molar-refractivity contribution in [1.29, 1.82) is 0 Å². The molecule has 4 aromatic rings. The van der Waals surface area contributed by atoms with Gasteiger partial charge in [0.2, 0.25) is 0 Å². The summed E-state index contributed by atoms with van der Waals surface area (Å²) in [6, 6.07) is 40.4. The number of rotatable bonds is 6. The molecule has 0 N–H and O–H groups in total. The molecule has 0 aliphatic heterocycles. The molecule has 0 bridgehead atoms. The predicted molar refractivity (Wildman–Crippen MR) is 121 cm³/mol. The largest absolute Gasteiger partial charge is 0.298 e. The van der Waals surface area contributed by atoms with Gasteiger partial charge in [-0.3, -0.25) is 4.79 Å². The summed E-state index contributed by atoms with van der Waals surface area (Å²) in [6.07, 6.45) is 1.81. The van der Waals surface area contributed by atoms with Crippen LogP contribution in [0.15, 0.2) is 115 Å². The highest BCUT2D eigenvalue weighted by Crippen LogP contribution is 2.58. The zero-order valence-corrected chi connectivity index (χ0v) is 16.5. The summed E-state index contributed by atoms with van der Waals surface area (Å²) in [4.78, 5) is 11.3. The lowest BCUT2D eigenvalue weighted by Crippen LogP contribution is -2.32. The first-order valence-electron chi connectivity index (χ1n) is 9.42. The molecule has 0 aromatic heterocycles. The number of benzene rings is 4. The number of hydrogen-bond donors (Lipinski definition) is 0. The maximum absolute atomic E-state index is 11.3. The van der Waals surface area contributed by atoms with E-state index in [-0.39, 0.29) is 0 Å². The van der Waals surface area contributed by atoms with E-state index in [0.717, 1.165) is 18.0 Å². The minimum Gasteiger partial charge on any atom is -0.298 e. The molecule has 0 fully saturated rings. The van der Waals surface area contributed by atoms with Gasteiger partial charge in [-0.15, -0.1) is 0 Å². The normalized spacial score (nSPS) is 11.1. The van der Waals surface area contributed by atoms with Gasteiger partial charge in [-0.05, 0) is 48.0 Å². The van der Waals surface area contributed by atoms with Crippen molar-refractivity contribution in [3.8, 4) is 0 Å². The number of carbonyl (C=O) groups is 1. The Hall–Kier alpha value is -3.02. The smallest absolute Gasteiger partial charge is 0.150 e. The monoisotopic (exact) mass is 381 g/mol. The Labute approximate surface area is 167 Å². The van der Waals surface area contributed by atoms with Crippen molar-refractivity contribution in [2.75, 3.05) is 0 Å². The Balaban J connectivity index is 1.99. The maximum Gasteiger partial charge on any atom is 0.150 e. The molecule has 0 saturated heterocycles. The fraction of sp³-hybridized carbons (Fsp3) is 0.0385. The van der Waals surface area contributed by atoms with Crippen molar-refractivity contribution in [1.82, 2.24) is 0 Å². The lowest BCUT2D eigenvalue weighted by atomic mass is 10.2. The lowest BCUT2D eigenvalue weighted by Gasteiger charge is -2.28. The van der Waals surface area contributed by atoms with Gasteiger partial charge in [0.05, 0.1) is 6.16 Å². The van der Waals surface area contributed by atoms with Gasteiger partial charge in [0.15, 0.2) is 0 Å². The molecule has 0 aliphatic rings. The van der Waals surface area contributed by atoms with Gasteiger partial charge in [-0.25, -0.2) is 0 Å². The van der Waals surface area contributed by atoms with E-state index < -0.39 is 7.26 Å². The van der Waals surface area contributed by atoms with Gasteiger partial charge in [-0.1, -0.05) is 72.8 Å². The summed E-state index contributed by atoms with van der Waals surface area (Å²) >= 11 is 0. The van der Waals surface area contributed by atoms with Crippen LogP contribution >= 0.6 is 7.26 Å². The van der Waals surface area contributed by atoms with Crippen LogP contribution in [-0.4, -0.2) is 6.29 Å². The van der Waals surface area contributed by atoms with Crippen molar-refractivity contribution < 1.29 is 4.79 Å². The van der Waals surface area contributed by atoms with Crippen molar-refractivity contribution in [2.24, 2.45) is 0 Å². The third-order valence-corrected chi connectivity index (χ3v) is 9.48. The summed E-state index contributed by atoms with van der Waals surface area (Å²) in [5.41, 5.74) is 1.92. The number of carbonyl (C=O) groups excluding carboxylic acids is 1. The van der Waals surface area contributed by atoms with Crippen LogP contribution < -0.4 is 15.9 Å². The van der Waals surface area contributed by atoms with Crippen LogP contribution in [0.25, 0.3) is 0 Å². The summed E-state index contributed by atoms with van der Waals surface area (Å²) < 4.78 is 0. The van der Waals surface area contributed by atoms with Gasteiger partial charge in [0.25, 0.3) is 0 Å². The quantitative estimate of drug-likeness (QED) is 0.340. The zero-order valence-electron chi connectivity index (χ0n) is 15.6. The summed E-state index contributed by atoms with van der Waals surface area (Å²) in [5.74, 6) is 0. The number of aldehydes is 1. The van der Waals surface area contributed by atoms with Crippen molar-refractivity contribution in [3.05, 3.63) is 126 Å². The minimum atomic E-state index is -1.92. The predicted octanol–water partition coefficient (Wildman–Crippen LogP) is 4.99. The zero-order chi connectivity index (χ0) is 19.2. The average Bonchev–Trinajstić information content (AvgIpc) is 2.79. The first-order chi connectivity index (χ1) is 13.8. The minimum absolute atomic E-state index is 0.727. The highest BCUT2D eigenvalue weighted by molar-refractivity contribution is 7.95. The van der Waals surface area contributed by atoms with Gasteiger partial charge in [0, 0.05) is 5.56 Å². The average molecular weight is 381 g/mol. The van der Waals surface area contributed by atoms with Gasteiger partial charge >= 0.3 is 0 Å². The second-order valence-electron chi connectivity index (χ2n) is 6.84. The van der Waals surface area contributed by atoms with E-state index in [9.17, 15) is 4.79 Å². The van der Waals surface area contributed by atoms with E-state index in [4.69, 9.17) is 0 Å². The molecule has 0 atom stereocenters. The van der Waals surface area contributed by atoms with Gasteiger partial charge in [-0.2, -0.15) is 0 Å². The van der Waals surface area contributed by atoms with Crippen LogP contribution in [-0.2, 0) is 6.16 Å². The van der Waals surface area contributed by atoms with E-state index in [1.807, 2.05) is 18.2 Å². The highest BCUT2D eigenvalue weighted by Gasteiger charge is 2.45. The van der Waals surface area contributed by atoms with E-state index >= 15 is 0 Å². The molecule has 0 aliphatic carbocycles. The molecule has 0 saturated carbocycles. The van der Waals surface area contributed by atoms with E-state index in [0.29, 0.717) is 0 Å². The summed E-state index contributed by atoms with van der Waals surface area (Å²) in [5, 5.41) is 4.05. The second kappa shape index (κ2) is 8.33. The van der Waals surface area contributed by atoms with Gasteiger partial charge < -0.3 is 0 Å². The molecule has 0 spiro atoms. The molecular weight excluding hydrogens is 359 g/mol. The van der Waals surface area contributed by atoms with Crippen LogP contribution in [0.5, 0.6) is 0 Å². The van der Waals surface area contributed by atoms with Crippen LogP contribution in [0.3, 0.4) is 0 Å². The molecule has 4 aromatic carbocycles. The van der Waals surface area contributed by atoms with Crippen LogP contribution in [0.2, 0.25) is 0 Å². The molecule has 0 radical (unpaired) electrons. The fourth-order valence-corrected chi connectivity index (χ4v) is 8.04. The van der Waals surface area contributed by atoms with E-state index in [1.54, 1.807) is 0 Å². The van der Waals surface area contributed by atoms with Crippen molar-refractivity contribution in [3.63, 3.8) is 0 Å². The number of hydrogen-bond acceptors (Lipinski definition) is 1. The summed E-state index contributed by atoms with van der Waals surface area (Å²) in [7, 11) is -1.92. The van der Waals surface area contributed by atoms with Crippen molar-refractivity contribution >= 4 is 29.5 Å². The Bertz CT molecular complexity index is 947. The first-order valence-corrected chi connectivity index (χ1v) is 11.4. The third kappa shape index (κ3) is 3.54. The topological polar surface area (TPSA) is 17.1 Å². The highest BCUT2D eigenvalue weighted by atomic mass is 31.2. The summed E-state index contributed by atoms with van der Waals surface area (Å²) in [6.45, 7) is 0. The SMILES string of the molecule is O=Cc1cccc(C[P+](c2ccccc2)(c2ccccc2)c2ccccc2)c1. The van der Waals surface area contributed by atoms with Crippen LogP contribution in [0.1, 0.15) is 15.9 Å². The molecule has 2 heteroatoms. The molecule has 0 unspecified atom stereocenters. The first kappa shape index (κ1) is 18.3. The van der Waals surface area contributed by atoms with Gasteiger partial charge in [0.1, 0.15) is 29.5 Å². The molecule has 0 amide bonds. The Morgan fingerprint density at radius 3 is 1.46 bits per heavy atom.